The van der Waals surface area contributed by atoms with Crippen LogP contribution in [0.3, 0.4) is 0 Å². The van der Waals surface area contributed by atoms with E-state index in [1.54, 1.807) is 6.07 Å². The molecule has 0 saturated heterocycles. The molecule has 0 aliphatic rings. The molecule has 6 heteroatoms. The van der Waals surface area contributed by atoms with Gasteiger partial charge in [-0.3, -0.25) is 14.6 Å². The van der Waals surface area contributed by atoms with Crippen molar-refractivity contribution in [3.8, 4) is 0 Å². The monoisotopic (exact) mass is 329 g/mol. The predicted octanol–water partition coefficient (Wildman–Crippen LogP) is 3.25. The third-order valence-electron chi connectivity index (χ3n) is 3.38. The van der Waals surface area contributed by atoms with Gasteiger partial charge in [-0.15, -0.1) is 0 Å². The Balaban J connectivity index is 2.05. The maximum atomic E-state index is 13.6. The van der Waals surface area contributed by atoms with E-state index in [9.17, 15) is 14.0 Å². The fourth-order valence-corrected chi connectivity index (χ4v) is 2.02. The van der Waals surface area contributed by atoms with Gasteiger partial charge in [-0.2, -0.15) is 0 Å². The van der Waals surface area contributed by atoms with Crippen LogP contribution in [0, 0.1) is 11.7 Å². The second kappa shape index (κ2) is 8.19. The zero-order valence-electron chi connectivity index (χ0n) is 13.7. The van der Waals surface area contributed by atoms with E-state index in [2.05, 4.69) is 29.5 Å². The topological polar surface area (TPSA) is 71.1 Å². The summed E-state index contributed by atoms with van der Waals surface area (Å²) in [5.74, 6) is -0.881. The summed E-state index contributed by atoms with van der Waals surface area (Å²) in [4.78, 5) is 28.2. The summed E-state index contributed by atoms with van der Waals surface area (Å²) >= 11 is 0. The predicted molar refractivity (Wildman–Crippen MR) is 90.4 cm³/mol. The van der Waals surface area contributed by atoms with E-state index < -0.39 is 11.7 Å². The second-order valence-corrected chi connectivity index (χ2v) is 5.80. The lowest BCUT2D eigenvalue weighted by molar-refractivity contribution is 0.0952. The highest BCUT2D eigenvalue weighted by atomic mass is 19.1. The Labute approximate surface area is 140 Å². The number of nitrogens with zero attached hydrogens (tertiary/aromatic N) is 1. The molecule has 0 fully saturated rings. The minimum atomic E-state index is -0.572. The molecule has 0 aliphatic heterocycles. The van der Waals surface area contributed by atoms with E-state index >= 15 is 0 Å². The molecule has 0 radical (unpaired) electrons. The van der Waals surface area contributed by atoms with Gasteiger partial charge in [-0.05, 0) is 36.6 Å². The maximum absolute atomic E-state index is 13.6. The van der Waals surface area contributed by atoms with Gasteiger partial charge in [0.15, 0.2) is 0 Å². The molecule has 2 amide bonds. The normalized spacial score (nSPS) is 10.5. The lowest BCUT2D eigenvalue weighted by Crippen LogP contribution is -2.26. The number of halogens is 1. The van der Waals surface area contributed by atoms with E-state index in [1.807, 2.05) is 0 Å². The Bertz CT molecular complexity index is 732. The molecule has 0 spiro atoms. The van der Waals surface area contributed by atoms with Crippen molar-refractivity contribution in [2.45, 2.75) is 20.3 Å². The summed E-state index contributed by atoms with van der Waals surface area (Å²) in [6.07, 6.45) is 2.26. The van der Waals surface area contributed by atoms with E-state index in [4.69, 9.17) is 0 Å². The Hall–Kier alpha value is -2.76. The number of carbonyl (C=O) groups is 2. The molecule has 0 aliphatic carbocycles. The van der Waals surface area contributed by atoms with Gasteiger partial charge in [0.05, 0.1) is 5.69 Å². The Kier molecular flexibility index (Phi) is 6.01. The molecule has 1 aromatic heterocycles. The third-order valence-corrected chi connectivity index (χ3v) is 3.38. The summed E-state index contributed by atoms with van der Waals surface area (Å²) in [5.41, 5.74) is 0.457. The molecule has 2 rings (SSSR count). The summed E-state index contributed by atoms with van der Waals surface area (Å²) in [5, 5.41) is 5.24. The molecule has 2 N–H and O–H groups in total. The number of pyridine rings is 1. The summed E-state index contributed by atoms with van der Waals surface area (Å²) in [6, 6.07) is 8.78. The summed E-state index contributed by atoms with van der Waals surface area (Å²) in [7, 11) is 0. The van der Waals surface area contributed by atoms with Crippen LogP contribution < -0.4 is 10.6 Å². The largest absolute Gasteiger partial charge is 0.352 e. The quantitative estimate of drug-likeness (QED) is 0.854. The van der Waals surface area contributed by atoms with E-state index in [1.165, 1.54) is 36.5 Å². The molecule has 0 saturated carbocycles. The van der Waals surface area contributed by atoms with Gasteiger partial charge in [0.1, 0.15) is 11.5 Å². The summed E-state index contributed by atoms with van der Waals surface area (Å²) < 4.78 is 13.6. The first-order valence-corrected chi connectivity index (χ1v) is 7.77. The molecule has 5 nitrogen and oxygen atoms in total. The molecule has 1 heterocycles. The number of hydrogen-bond acceptors (Lipinski definition) is 3. The van der Waals surface area contributed by atoms with Gasteiger partial charge in [0.2, 0.25) is 0 Å². The highest BCUT2D eigenvalue weighted by molar-refractivity contribution is 6.04. The first kappa shape index (κ1) is 17.6. The number of rotatable bonds is 6. The smallest absolute Gasteiger partial charge is 0.274 e. The molecule has 0 unspecified atom stereocenters. The first-order valence-electron chi connectivity index (χ1n) is 7.77. The van der Waals surface area contributed by atoms with Crippen molar-refractivity contribution in [2.75, 3.05) is 11.9 Å². The van der Waals surface area contributed by atoms with Gasteiger partial charge >= 0.3 is 0 Å². The molecule has 2 aromatic rings. The number of anilines is 1. The molecule has 0 bridgehead atoms. The fraction of sp³-hybridized carbons (Fsp3) is 0.278. The maximum Gasteiger partial charge on any atom is 0.274 e. The van der Waals surface area contributed by atoms with Crippen LogP contribution in [0.25, 0.3) is 0 Å². The van der Waals surface area contributed by atoms with Gasteiger partial charge in [0.25, 0.3) is 11.8 Å². The SMILES string of the molecule is CC(C)CCNC(=O)c1ccnc(C(=O)Nc2ccccc2F)c1. The lowest BCUT2D eigenvalue weighted by atomic mass is 10.1. The van der Waals surface area contributed by atoms with Gasteiger partial charge in [0, 0.05) is 18.3 Å². The zero-order valence-corrected chi connectivity index (χ0v) is 13.7. The van der Waals surface area contributed by atoms with Crippen LogP contribution >= 0.6 is 0 Å². The number of benzene rings is 1. The van der Waals surface area contributed by atoms with Crippen LogP contribution in [0.5, 0.6) is 0 Å². The number of amides is 2. The zero-order chi connectivity index (χ0) is 17.5. The second-order valence-electron chi connectivity index (χ2n) is 5.80. The van der Waals surface area contributed by atoms with Crippen molar-refractivity contribution in [2.24, 2.45) is 5.92 Å². The van der Waals surface area contributed by atoms with Gasteiger partial charge in [-0.25, -0.2) is 4.39 Å². The number of para-hydroxylation sites is 1. The Morgan fingerprint density at radius 2 is 1.92 bits per heavy atom. The highest BCUT2D eigenvalue weighted by Gasteiger charge is 2.13. The van der Waals surface area contributed by atoms with Crippen LogP contribution in [0.4, 0.5) is 10.1 Å². The molecular formula is C18H20FN3O2. The Morgan fingerprint density at radius 3 is 2.62 bits per heavy atom. The molecule has 0 atom stereocenters. The van der Waals surface area contributed by atoms with Crippen LogP contribution in [-0.4, -0.2) is 23.3 Å². The van der Waals surface area contributed by atoms with Gasteiger partial charge < -0.3 is 10.6 Å². The molecular weight excluding hydrogens is 309 g/mol. The van der Waals surface area contributed by atoms with Crippen LogP contribution in [0.2, 0.25) is 0 Å². The van der Waals surface area contributed by atoms with Crippen LogP contribution in [0.15, 0.2) is 42.6 Å². The Morgan fingerprint density at radius 1 is 1.17 bits per heavy atom. The van der Waals surface area contributed by atoms with Crippen molar-refractivity contribution < 1.29 is 14.0 Å². The van der Waals surface area contributed by atoms with Crippen molar-refractivity contribution in [3.63, 3.8) is 0 Å². The third kappa shape index (κ3) is 4.87. The molecule has 1 aromatic carbocycles. The van der Waals surface area contributed by atoms with Crippen molar-refractivity contribution in [1.29, 1.82) is 0 Å². The minimum absolute atomic E-state index is 0.0507. The average molecular weight is 329 g/mol. The number of carbonyl (C=O) groups excluding carboxylic acids is 2. The highest BCUT2D eigenvalue weighted by Crippen LogP contribution is 2.14. The van der Waals surface area contributed by atoms with Gasteiger partial charge in [-0.1, -0.05) is 26.0 Å². The molecule has 24 heavy (non-hydrogen) atoms. The summed E-state index contributed by atoms with van der Waals surface area (Å²) in [6.45, 7) is 4.71. The number of nitrogens with one attached hydrogen (secondary N) is 2. The van der Waals surface area contributed by atoms with Crippen molar-refractivity contribution in [3.05, 3.63) is 59.7 Å². The lowest BCUT2D eigenvalue weighted by Gasteiger charge is -2.09. The van der Waals surface area contributed by atoms with Crippen LogP contribution in [-0.2, 0) is 0 Å². The molecule has 126 valence electrons. The van der Waals surface area contributed by atoms with Crippen molar-refractivity contribution >= 4 is 17.5 Å². The number of hydrogen-bond donors (Lipinski definition) is 2. The average Bonchev–Trinajstić information content (AvgIpc) is 2.56. The first-order chi connectivity index (χ1) is 11.5. The minimum Gasteiger partial charge on any atom is -0.352 e. The standard InChI is InChI=1S/C18H20FN3O2/c1-12(2)7-9-21-17(23)13-8-10-20-16(11-13)18(24)22-15-6-4-3-5-14(15)19/h3-6,8,10-12H,7,9H2,1-2H3,(H,21,23)(H,22,24). The van der Waals surface area contributed by atoms with E-state index in [-0.39, 0.29) is 17.3 Å². The van der Waals surface area contributed by atoms with Crippen LogP contribution in [0.1, 0.15) is 41.1 Å². The van der Waals surface area contributed by atoms with E-state index in [0.29, 0.717) is 18.0 Å². The fourth-order valence-electron chi connectivity index (χ4n) is 2.02. The number of aromatic nitrogens is 1. The van der Waals surface area contributed by atoms with Crippen molar-refractivity contribution in [1.82, 2.24) is 10.3 Å². The van der Waals surface area contributed by atoms with E-state index in [0.717, 1.165) is 6.42 Å².